The lowest BCUT2D eigenvalue weighted by Crippen LogP contribution is -2.39. The number of imide groups is 1. The largest absolute Gasteiger partial charge is 0.494 e. The molecule has 1 heterocycles. The predicted octanol–water partition coefficient (Wildman–Crippen LogP) is 5.00. The number of ether oxygens (including phenoxy) is 1. The van der Waals surface area contributed by atoms with Gasteiger partial charge in [0.05, 0.1) is 18.7 Å². The maximum Gasteiger partial charge on any atom is 0.332 e. The van der Waals surface area contributed by atoms with Crippen LogP contribution in [0.1, 0.15) is 45.6 Å². The van der Waals surface area contributed by atoms with E-state index in [1.165, 1.54) is 9.80 Å². The fourth-order valence-corrected chi connectivity index (χ4v) is 3.73. The molecule has 4 amide bonds. The summed E-state index contributed by atoms with van der Waals surface area (Å²) in [4.78, 5) is 42.0. The molecule has 7 nitrogen and oxygen atoms in total. The van der Waals surface area contributed by atoms with E-state index in [1.807, 2.05) is 26.0 Å². The van der Waals surface area contributed by atoms with Gasteiger partial charge in [0.25, 0.3) is 5.91 Å². The van der Waals surface area contributed by atoms with Gasteiger partial charge in [-0.25, -0.2) is 9.69 Å². The van der Waals surface area contributed by atoms with Crippen LogP contribution in [0.3, 0.4) is 0 Å². The highest BCUT2D eigenvalue weighted by Gasteiger charge is 2.46. The molecule has 176 valence electrons. The summed E-state index contributed by atoms with van der Waals surface area (Å²) < 4.78 is 5.56. The van der Waals surface area contributed by atoms with Crippen LogP contribution in [0.5, 0.6) is 5.75 Å². The molecular formula is C26H33N3O4. The van der Waals surface area contributed by atoms with Gasteiger partial charge in [-0.3, -0.25) is 9.59 Å². The van der Waals surface area contributed by atoms with E-state index in [9.17, 15) is 14.4 Å². The van der Waals surface area contributed by atoms with Gasteiger partial charge < -0.3 is 15.0 Å². The molecule has 1 fully saturated rings. The molecule has 2 aromatic rings. The Hall–Kier alpha value is -3.35. The number of hydrogen-bond acceptors (Lipinski definition) is 4. The summed E-state index contributed by atoms with van der Waals surface area (Å²) in [5.74, 6) is 0.417. The van der Waals surface area contributed by atoms with E-state index in [1.54, 1.807) is 36.4 Å². The van der Waals surface area contributed by atoms with Crippen molar-refractivity contribution in [1.29, 1.82) is 0 Å². The minimum Gasteiger partial charge on any atom is -0.494 e. The smallest absolute Gasteiger partial charge is 0.332 e. The van der Waals surface area contributed by atoms with Crippen molar-refractivity contribution in [2.45, 2.75) is 53.0 Å². The first-order valence-corrected chi connectivity index (χ1v) is 11.5. The first-order valence-electron chi connectivity index (χ1n) is 11.5. The quantitative estimate of drug-likeness (QED) is 0.516. The molecule has 1 atom stereocenters. The summed E-state index contributed by atoms with van der Waals surface area (Å²) in [5.41, 5.74) is 2.10. The lowest BCUT2D eigenvalue weighted by Gasteiger charge is -2.22. The Balaban J connectivity index is 1.74. The number of anilines is 2. The number of carbonyl (C=O) groups is 3. The van der Waals surface area contributed by atoms with E-state index >= 15 is 0 Å². The number of nitrogens with one attached hydrogen (secondary N) is 1. The Labute approximate surface area is 195 Å². The molecular weight excluding hydrogens is 418 g/mol. The third kappa shape index (κ3) is 6.12. The minimum absolute atomic E-state index is 0.0981. The van der Waals surface area contributed by atoms with Crippen molar-refractivity contribution in [2.24, 2.45) is 5.92 Å². The van der Waals surface area contributed by atoms with Crippen molar-refractivity contribution in [2.75, 3.05) is 23.4 Å². The van der Waals surface area contributed by atoms with Crippen LogP contribution in [0.2, 0.25) is 0 Å². The molecule has 3 rings (SSSR count). The Morgan fingerprint density at radius 2 is 1.85 bits per heavy atom. The number of amides is 4. The molecule has 1 aliphatic rings. The molecule has 2 aromatic carbocycles. The molecule has 0 aromatic heterocycles. The van der Waals surface area contributed by atoms with Gasteiger partial charge in [-0.15, -0.1) is 0 Å². The Morgan fingerprint density at radius 1 is 1.12 bits per heavy atom. The molecule has 0 radical (unpaired) electrons. The first-order chi connectivity index (χ1) is 15.8. The number of urea groups is 1. The molecule has 1 saturated heterocycles. The normalized spacial score (nSPS) is 16.0. The van der Waals surface area contributed by atoms with Crippen molar-refractivity contribution in [3.05, 3.63) is 54.1 Å². The van der Waals surface area contributed by atoms with Gasteiger partial charge in [0, 0.05) is 12.2 Å². The topological polar surface area (TPSA) is 79.0 Å². The number of rotatable bonds is 10. The third-order valence-electron chi connectivity index (χ3n) is 5.52. The lowest BCUT2D eigenvalue weighted by atomic mass is 10.1. The van der Waals surface area contributed by atoms with E-state index in [2.05, 4.69) is 19.2 Å². The highest BCUT2D eigenvalue weighted by atomic mass is 16.5. The van der Waals surface area contributed by atoms with Gasteiger partial charge >= 0.3 is 6.03 Å². The van der Waals surface area contributed by atoms with Crippen molar-refractivity contribution in [3.63, 3.8) is 0 Å². The molecule has 1 N–H and O–H groups in total. The number of benzene rings is 2. The molecule has 33 heavy (non-hydrogen) atoms. The average Bonchev–Trinajstić information content (AvgIpc) is 3.00. The molecule has 0 spiro atoms. The summed E-state index contributed by atoms with van der Waals surface area (Å²) in [6.45, 7) is 9.13. The van der Waals surface area contributed by atoms with E-state index in [-0.39, 0.29) is 24.3 Å². The van der Waals surface area contributed by atoms with E-state index in [0.717, 1.165) is 24.2 Å². The minimum atomic E-state index is -0.830. The van der Waals surface area contributed by atoms with E-state index in [4.69, 9.17) is 4.74 Å². The monoisotopic (exact) mass is 451 g/mol. The molecule has 0 saturated carbocycles. The van der Waals surface area contributed by atoms with Crippen molar-refractivity contribution in [1.82, 2.24) is 4.90 Å². The predicted molar refractivity (Wildman–Crippen MR) is 129 cm³/mol. The number of nitrogens with zero attached hydrogens (tertiary/aromatic N) is 2. The number of carbonyl (C=O) groups excluding carboxylic acids is 3. The zero-order chi connectivity index (χ0) is 24.0. The molecule has 0 aliphatic carbocycles. The van der Waals surface area contributed by atoms with E-state index < -0.39 is 6.04 Å². The summed E-state index contributed by atoms with van der Waals surface area (Å²) in [7, 11) is 0. The van der Waals surface area contributed by atoms with Crippen LogP contribution in [0, 0.1) is 12.8 Å². The van der Waals surface area contributed by atoms with Crippen LogP contribution in [0.15, 0.2) is 48.5 Å². The standard InChI is InChI=1S/C26H33N3O4/c1-5-15-33-22-11-9-20(10-12-22)27-24(30)17-23-25(31)29(21-8-6-7-19(4)16-21)26(32)28(23)14-13-18(2)3/h6-12,16,18,23H,5,13-15,17H2,1-4H3,(H,27,30)/t23-/m1/s1. The summed E-state index contributed by atoms with van der Waals surface area (Å²) >= 11 is 0. The van der Waals surface area contributed by atoms with Gasteiger partial charge in [-0.1, -0.05) is 32.9 Å². The average molecular weight is 452 g/mol. The highest BCUT2D eigenvalue weighted by molar-refractivity contribution is 6.22. The second kappa shape index (κ2) is 11.0. The zero-order valence-electron chi connectivity index (χ0n) is 19.8. The van der Waals surface area contributed by atoms with Crippen molar-refractivity contribution in [3.8, 4) is 5.75 Å². The van der Waals surface area contributed by atoms with Crippen LogP contribution in [0.25, 0.3) is 0 Å². The Kier molecular flexibility index (Phi) is 8.09. The fourth-order valence-electron chi connectivity index (χ4n) is 3.73. The second-order valence-electron chi connectivity index (χ2n) is 8.81. The van der Waals surface area contributed by atoms with Crippen LogP contribution in [-0.4, -0.2) is 41.9 Å². The summed E-state index contributed by atoms with van der Waals surface area (Å²) in [6, 6.07) is 13.2. The van der Waals surface area contributed by atoms with Crippen LogP contribution in [-0.2, 0) is 9.59 Å². The van der Waals surface area contributed by atoms with Gasteiger partial charge in [0.2, 0.25) is 5.91 Å². The highest BCUT2D eigenvalue weighted by Crippen LogP contribution is 2.28. The van der Waals surface area contributed by atoms with Crippen LogP contribution in [0.4, 0.5) is 16.2 Å². The maximum absolute atomic E-state index is 13.3. The molecule has 7 heteroatoms. The Morgan fingerprint density at radius 3 is 2.48 bits per heavy atom. The zero-order valence-corrected chi connectivity index (χ0v) is 19.8. The van der Waals surface area contributed by atoms with Crippen LogP contribution < -0.4 is 15.0 Å². The fraction of sp³-hybridized carbons (Fsp3) is 0.423. The van der Waals surface area contributed by atoms with Gasteiger partial charge in [0.1, 0.15) is 11.8 Å². The summed E-state index contributed by atoms with van der Waals surface area (Å²) in [5, 5.41) is 2.83. The van der Waals surface area contributed by atoms with Gasteiger partial charge in [-0.2, -0.15) is 0 Å². The third-order valence-corrected chi connectivity index (χ3v) is 5.52. The van der Waals surface area contributed by atoms with Crippen molar-refractivity contribution < 1.29 is 19.1 Å². The number of hydrogen-bond donors (Lipinski definition) is 1. The SMILES string of the molecule is CCCOc1ccc(NC(=O)C[C@@H]2C(=O)N(c3cccc(C)c3)C(=O)N2CCC(C)C)cc1. The molecule has 1 aliphatic heterocycles. The number of aryl methyl sites for hydroxylation is 1. The maximum atomic E-state index is 13.3. The van der Waals surface area contributed by atoms with Gasteiger partial charge in [0.15, 0.2) is 0 Å². The van der Waals surface area contributed by atoms with Gasteiger partial charge in [-0.05, 0) is 67.6 Å². The van der Waals surface area contributed by atoms with E-state index in [0.29, 0.717) is 30.4 Å². The molecule has 0 bridgehead atoms. The summed E-state index contributed by atoms with van der Waals surface area (Å²) in [6.07, 6.45) is 1.57. The van der Waals surface area contributed by atoms with Crippen LogP contribution >= 0.6 is 0 Å². The second-order valence-corrected chi connectivity index (χ2v) is 8.81. The Bertz CT molecular complexity index is 987. The molecule has 0 unspecified atom stereocenters. The van der Waals surface area contributed by atoms with Crippen molar-refractivity contribution >= 4 is 29.2 Å². The lowest BCUT2D eigenvalue weighted by molar-refractivity contribution is -0.124. The first kappa shape index (κ1) is 24.3.